The van der Waals surface area contributed by atoms with Crippen LogP contribution in [-0.2, 0) is 0 Å². The van der Waals surface area contributed by atoms with E-state index in [9.17, 15) is 0 Å². The van der Waals surface area contributed by atoms with Crippen LogP contribution in [0.25, 0.3) is 0 Å². The van der Waals surface area contributed by atoms with Gasteiger partial charge in [0.15, 0.2) is 0 Å². The van der Waals surface area contributed by atoms with Gasteiger partial charge in [-0.3, -0.25) is 0 Å². The summed E-state index contributed by atoms with van der Waals surface area (Å²) in [6.07, 6.45) is 3.62. The van der Waals surface area contributed by atoms with Crippen LogP contribution in [0.3, 0.4) is 0 Å². The molecule has 0 unspecified atom stereocenters. The fourth-order valence-corrected chi connectivity index (χ4v) is 1.45. The smallest absolute Gasteiger partial charge is 0.134 e. The van der Waals surface area contributed by atoms with Crippen molar-refractivity contribution in [2.24, 2.45) is 0 Å². The highest BCUT2D eigenvalue weighted by molar-refractivity contribution is 6.29. The number of hydrogen-bond donors (Lipinski definition) is 1. The van der Waals surface area contributed by atoms with Crippen molar-refractivity contribution in [2.45, 2.75) is 19.8 Å². The number of anilines is 1. The molecule has 0 radical (unpaired) electrons. The molecule has 1 heterocycles. The van der Waals surface area contributed by atoms with Gasteiger partial charge >= 0.3 is 0 Å². The normalized spacial score (nSPS) is 10.3. The van der Waals surface area contributed by atoms with Crippen LogP contribution in [0.4, 0.5) is 5.82 Å². The van der Waals surface area contributed by atoms with Gasteiger partial charge in [-0.05, 0) is 6.42 Å². The van der Waals surface area contributed by atoms with Crippen LogP contribution in [0.15, 0.2) is 12.4 Å². The minimum absolute atomic E-state index is 0.116. The van der Waals surface area contributed by atoms with Crippen molar-refractivity contribution in [3.63, 3.8) is 0 Å². The molecule has 15 heavy (non-hydrogen) atoms. The maximum absolute atomic E-state index is 8.95. The lowest BCUT2D eigenvalue weighted by Gasteiger charge is -2.22. The topological polar surface area (TPSA) is 49.2 Å². The molecular formula is C10H16ClN3O. The van der Waals surface area contributed by atoms with Crippen LogP contribution >= 0.6 is 11.6 Å². The Labute approximate surface area is 94.9 Å². The predicted octanol–water partition coefficient (Wildman–Crippen LogP) is 1.73. The van der Waals surface area contributed by atoms with Crippen LogP contribution in [0.2, 0.25) is 5.15 Å². The third-order valence-corrected chi connectivity index (χ3v) is 2.30. The molecule has 0 atom stereocenters. The summed E-state index contributed by atoms with van der Waals surface area (Å²) in [7, 11) is 0. The number of hydrogen-bond acceptors (Lipinski definition) is 4. The van der Waals surface area contributed by atoms with Gasteiger partial charge in [-0.2, -0.15) is 0 Å². The molecular weight excluding hydrogens is 214 g/mol. The van der Waals surface area contributed by atoms with E-state index in [0.717, 1.165) is 25.2 Å². The molecule has 0 amide bonds. The summed E-state index contributed by atoms with van der Waals surface area (Å²) in [6, 6.07) is 1.72. The second kappa shape index (κ2) is 6.58. The number of rotatable bonds is 6. The average molecular weight is 230 g/mol. The minimum atomic E-state index is 0.116. The Morgan fingerprint density at radius 3 is 2.80 bits per heavy atom. The maximum atomic E-state index is 8.95. The fraction of sp³-hybridized carbons (Fsp3) is 0.600. The first kappa shape index (κ1) is 12.2. The molecule has 1 rings (SSSR count). The first-order chi connectivity index (χ1) is 7.27. The largest absolute Gasteiger partial charge is 0.395 e. The Hall–Kier alpha value is -0.870. The van der Waals surface area contributed by atoms with E-state index in [1.807, 2.05) is 4.90 Å². The van der Waals surface area contributed by atoms with Gasteiger partial charge in [0.2, 0.25) is 0 Å². The Kier molecular flexibility index (Phi) is 5.36. The molecule has 0 bridgehead atoms. The summed E-state index contributed by atoms with van der Waals surface area (Å²) in [5, 5.41) is 9.38. The molecule has 1 N–H and O–H groups in total. The second-order valence-corrected chi connectivity index (χ2v) is 3.65. The van der Waals surface area contributed by atoms with E-state index < -0.39 is 0 Å². The Morgan fingerprint density at radius 1 is 1.40 bits per heavy atom. The lowest BCUT2D eigenvalue weighted by Crippen LogP contribution is -2.28. The lowest BCUT2D eigenvalue weighted by atomic mass is 10.3. The van der Waals surface area contributed by atoms with Gasteiger partial charge in [0, 0.05) is 19.2 Å². The summed E-state index contributed by atoms with van der Waals surface area (Å²) >= 11 is 5.78. The van der Waals surface area contributed by atoms with Crippen molar-refractivity contribution < 1.29 is 5.11 Å². The van der Waals surface area contributed by atoms with E-state index in [4.69, 9.17) is 16.7 Å². The van der Waals surface area contributed by atoms with Crippen LogP contribution < -0.4 is 4.90 Å². The van der Waals surface area contributed by atoms with Crippen molar-refractivity contribution in [2.75, 3.05) is 24.6 Å². The summed E-state index contributed by atoms with van der Waals surface area (Å²) < 4.78 is 0. The van der Waals surface area contributed by atoms with Crippen molar-refractivity contribution in [3.8, 4) is 0 Å². The van der Waals surface area contributed by atoms with Gasteiger partial charge < -0.3 is 10.0 Å². The molecule has 5 heteroatoms. The van der Waals surface area contributed by atoms with Crippen molar-refractivity contribution in [1.82, 2.24) is 9.97 Å². The summed E-state index contributed by atoms with van der Waals surface area (Å²) in [5.41, 5.74) is 0. The zero-order valence-electron chi connectivity index (χ0n) is 8.86. The molecule has 0 fully saturated rings. The summed E-state index contributed by atoms with van der Waals surface area (Å²) in [5.74, 6) is 0.775. The van der Waals surface area contributed by atoms with Crippen LogP contribution in [-0.4, -0.2) is 34.8 Å². The van der Waals surface area contributed by atoms with Crippen molar-refractivity contribution in [1.29, 1.82) is 0 Å². The van der Waals surface area contributed by atoms with E-state index in [2.05, 4.69) is 16.9 Å². The number of aliphatic hydroxyl groups is 1. The number of nitrogens with zero attached hydrogens (tertiary/aromatic N) is 3. The second-order valence-electron chi connectivity index (χ2n) is 3.26. The number of halogens is 1. The zero-order valence-corrected chi connectivity index (χ0v) is 9.61. The van der Waals surface area contributed by atoms with E-state index in [0.29, 0.717) is 11.7 Å². The molecule has 0 saturated heterocycles. The van der Waals surface area contributed by atoms with Gasteiger partial charge in [0.25, 0.3) is 0 Å². The maximum Gasteiger partial charge on any atom is 0.134 e. The molecule has 1 aromatic heterocycles. The van der Waals surface area contributed by atoms with Gasteiger partial charge in [0.1, 0.15) is 17.3 Å². The van der Waals surface area contributed by atoms with Gasteiger partial charge in [-0.15, -0.1) is 0 Å². The van der Waals surface area contributed by atoms with E-state index in [1.165, 1.54) is 6.33 Å². The first-order valence-corrected chi connectivity index (χ1v) is 5.49. The number of aromatic nitrogens is 2. The van der Waals surface area contributed by atoms with Crippen molar-refractivity contribution in [3.05, 3.63) is 17.5 Å². The van der Waals surface area contributed by atoms with Crippen LogP contribution in [0.1, 0.15) is 19.8 Å². The molecule has 1 aromatic rings. The third-order valence-electron chi connectivity index (χ3n) is 2.09. The molecule has 0 aliphatic heterocycles. The molecule has 0 aliphatic rings. The summed E-state index contributed by atoms with van der Waals surface area (Å²) in [4.78, 5) is 9.97. The number of aliphatic hydroxyl groups excluding tert-OH is 1. The van der Waals surface area contributed by atoms with E-state index in [-0.39, 0.29) is 6.61 Å². The summed E-state index contributed by atoms with van der Waals surface area (Å²) in [6.45, 7) is 3.70. The van der Waals surface area contributed by atoms with Crippen LogP contribution in [0.5, 0.6) is 0 Å². The quantitative estimate of drug-likeness (QED) is 0.755. The van der Waals surface area contributed by atoms with Gasteiger partial charge in [0.05, 0.1) is 6.61 Å². The highest BCUT2D eigenvalue weighted by Gasteiger charge is 2.07. The number of unbranched alkanes of at least 4 members (excludes halogenated alkanes) is 1. The SMILES string of the molecule is CCCCN(CCO)c1cc(Cl)ncn1. The highest BCUT2D eigenvalue weighted by Crippen LogP contribution is 2.14. The molecule has 84 valence electrons. The third kappa shape index (κ3) is 4.01. The molecule has 0 saturated carbocycles. The predicted molar refractivity (Wildman–Crippen MR) is 61.2 cm³/mol. The first-order valence-electron chi connectivity index (χ1n) is 5.11. The average Bonchev–Trinajstić information content (AvgIpc) is 2.24. The monoisotopic (exact) mass is 229 g/mol. The fourth-order valence-electron chi connectivity index (χ4n) is 1.31. The minimum Gasteiger partial charge on any atom is -0.395 e. The van der Waals surface area contributed by atoms with Crippen molar-refractivity contribution >= 4 is 17.4 Å². The molecule has 4 nitrogen and oxygen atoms in total. The lowest BCUT2D eigenvalue weighted by molar-refractivity contribution is 0.301. The van der Waals surface area contributed by atoms with Gasteiger partial charge in [-0.1, -0.05) is 24.9 Å². The van der Waals surface area contributed by atoms with Gasteiger partial charge in [-0.25, -0.2) is 9.97 Å². The van der Waals surface area contributed by atoms with E-state index >= 15 is 0 Å². The Morgan fingerprint density at radius 2 is 2.20 bits per heavy atom. The molecule has 0 spiro atoms. The van der Waals surface area contributed by atoms with E-state index in [1.54, 1.807) is 6.07 Å². The standard InChI is InChI=1S/C10H16ClN3O/c1-2-3-4-14(5-6-15)10-7-9(11)12-8-13-10/h7-8,15H,2-6H2,1H3. The Bertz CT molecular complexity index is 296. The highest BCUT2D eigenvalue weighted by atomic mass is 35.5. The molecule has 0 aromatic carbocycles. The Balaban J connectivity index is 2.69. The molecule has 0 aliphatic carbocycles. The zero-order chi connectivity index (χ0) is 11.1. The van der Waals surface area contributed by atoms with Crippen LogP contribution in [0, 0.1) is 0 Å².